The first-order chi connectivity index (χ1) is 19.1. The summed E-state index contributed by atoms with van der Waals surface area (Å²) in [6.07, 6.45) is -0.817. The molecule has 0 aromatic heterocycles. The van der Waals surface area contributed by atoms with Gasteiger partial charge in [-0.1, -0.05) is 50.2 Å². The van der Waals surface area contributed by atoms with Crippen molar-refractivity contribution in [1.29, 1.82) is 0 Å². The van der Waals surface area contributed by atoms with Crippen LogP contribution in [0, 0.1) is 0 Å². The van der Waals surface area contributed by atoms with E-state index < -0.39 is 6.16 Å². The second-order valence-electron chi connectivity index (χ2n) is 8.66. The van der Waals surface area contributed by atoms with E-state index in [9.17, 15) is 9.59 Å². The van der Waals surface area contributed by atoms with E-state index in [0.29, 0.717) is 32.7 Å². The molecule has 0 aliphatic carbocycles. The largest absolute Gasteiger partial charge is 0.519 e. The topological polar surface area (TPSA) is 71.1 Å². The van der Waals surface area contributed by atoms with E-state index in [1.807, 2.05) is 36.4 Å². The molecule has 0 fully saturated rings. The number of hydrogen-bond donors (Lipinski definition) is 0. The number of rotatable bonds is 7. The number of benzene rings is 4. The third-order valence-electron chi connectivity index (χ3n) is 5.70. The summed E-state index contributed by atoms with van der Waals surface area (Å²) in [6, 6.07) is 25.6. The number of para-hydroxylation sites is 2. The Morgan fingerprint density at radius 3 is 1.52 bits per heavy atom. The van der Waals surface area contributed by atoms with Crippen LogP contribution in [0.2, 0.25) is 0 Å². The van der Waals surface area contributed by atoms with Gasteiger partial charge in [0.15, 0.2) is 5.75 Å². The van der Waals surface area contributed by atoms with Crippen LogP contribution in [-0.4, -0.2) is 19.7 Å². The minimum absolute atomic E-state index is 0.345. The van der Waals surface area contributed by atoms with Gasteiger partial charge in [0.25, 0.3) is 6.47 Å². The van der Waals surface area contributed by atoms with Crippen LogP contribution < -0.4 is 18.9 Å². The number of ether oxygens (including phenoxy) is 4. The smallest absolute Gasteiger partial charge is 0.494 e. The Labute approximate surface area is 266 Å². The zero-order chi connectivity index (χ0) is 29.3. The van der Waals surface area contributed by atoms with Gasteiger partial charge in [0.05, 0.1) is 25.0 Å². The zero-order valence-corrected chi connectivity index (χ0v) is 28.0. The molecule has 0 saturated heterocycles. The van der Waals surface area contributed by atoms with Gasteiger partial charge in [-0.2, -0.15) is 0 Å². The van der Waals surface area contributed by atoms with Gasteiger partial charge in [-0.25, -0.2) is 4.79 Å². The first kappa shape index (κ1) is 31.9. The Balaban J connectivity index is 0.000000415. The van der Waals surface area contributed by atoms with Crippen LogP contribution in [-0.2, 0) is 10.2 Å². The Hall–Kier alpha value is -2.66. The van der Waals surface area contributed by atoms with Crippen molar-refractivity contribution < 1.29 is 28.5 Å². The summed E-state index contributed by atoms with van der Waals surface area (Å²) in [5.74, 6) is 2.07. The predicted molar refractivity (Wildman–Crippen MR) is 169 cm³/mol. The molecule has 0 radical (unpaired) electrons. The molecule has 40 heavy (non-hydrogen) atoms. The van der Waals surface area contributed by atoms with Gasteiger partial charge in [0, 0.05) is 5.41 Å². The van der Waals surface area contributed by atoms with Crippen molar-refractivity contribution in [1.82, 2.24) is 0 Å². The second-order valence-corrected chi connectivity index (χ2v) is 12.1. The molecule has 0 saturated carbocycles. The van der Waals surface area contributed by atoms with Crippen LogP contribution in [0.5, 0.6) is 23.0 Å². The summed E-state index contributed by atoms with van der Waals surface area (Å²) in [4.78, 5) is 22.0. The molecule has 0 atom stereocenters. The Morgan fingerprint density at radius 1 is 0.675 bits per heavy atom. The van der Waals surface area contributed by atoms with E-state index in [1.165, 1.54) is 0 Å². The molecule has 0 amide bonds. The average Bonchev–Trinajstić information content (AvgIpc) is 2.92. The highest BCUT2D eigenvalue weighted by Gasteiger charge is 2.28. The Bertz CT molecular complexity index is 1410. The highest BCUT2D eigenvalue weighted by atomic mass is 79.9. The lowest BCUT2D eigenvalue weighted by Gasteiger charge is -2.28. The van der Waals surface area contributed by atoms with Gasteiger partial charge >= 0.3 is 6.16 Å². The van der Waals surface area contributed by atoms with Crippen LogP contribution in [0.4, 0.5) is 4.79 Å². The molecule has 0 heterocycles. The van der Waals surface area contributed by atoms with Crippen molar-refractivity contribution in [3.8, 4) is 23.0 Å². The molecule has 4 rings (SSSR count). The van der Waals surface area contributed by atoms with Gasteiger partial charge in [-0.3, -0.25) is 4.79 Å². The fraction of sp³-hybridized carbons (Fsp3) is 0.133. The molecule has 0 N–H and O–H groups in total. The fourth-order valence-corrected chi connectivity index (χ4v) is 6.40. The van der Waals surface area contributed by atoms with Crippen LogP contribution in [0.15, 0.2) is 103 Å². The lowest BCUT2D eigenvalue weighted by Crippen LogP contribution is -2.20. The maximum absolute atomic E-state index is 12.2. The Morgan fingerprint density at radius 2 is 1.10 bits per heavy atom. The summed E-state index contributed by atoms with van der Waals surface area (Å²) < 4.78 is 23.6. The highest BCUT2D eigenvalue weighted by molar-refractivity contribution is 9.11. The average molecular weight is 800 g/mol. The molecule has 0 aliphatic rings. The third-order valence-corrected chi connectivity index (χ3v) is 8.06. The third kappa shape index (κ3) is 8.42. The molecule has 4 aromatic carbocycles. The van der Waals surface area contributed by atoms with Gasteiger partial charge < -0.3 is 18.9 Å². The monoisotopic (exact) mass is 796 g/mol. The van der Waals surface area contributed by atoms with Gasteiger partial charge in [0.2, 0.25) is 0 Å². The standard InChI is InChI=1S/C23H18Br4O4.C7H6O2/c1-23(2,13-9-16(24)20(29-3)17(25)10-13)14-11-18(26)21(19(27)12-14)31-22(28)30-15-7-5-4-6-8-15;8-6-9-7-4-2-1-3-5-7/h4-12H,1-3H3;1-6H. The summed E-state index contributed by atoms with van der Waals surface area (Å²) in [6.45, 7) is 4.65. The van der Waals surface area contributed by atoms with Crippen molar-refractivity contribution in [2.45, 2.75) is 19.3 Å². The number of methoxy groups -OCH3 is 1. The molecule has 0 aliphatic heterocycles. The SMILES string of the molecule is COc1c(Br)cc(C(C)(C)c2cc(Br)c(OC(=O)Oc3ccccc3)c(Br)c2)cc1Br.O=COc1ccccc1. The number of carbonyl (C=O) groups is 2. The first-order valence-corrected chi connectivity index (χ1v) is 14.9. The van der Waals surface area contributed by atoms with E-state index in [0.717, 1.165) is 25.8 Å². The van der Waals surface area contributed by atoms with Crippen LogP contribution in [0.25, 0.3) is 0 Å². The van der Waals surface area contributed by atoms with Crippen LogP contribution in [0.3, 0.4) is 0 Å². The molecule has 0 unspecified atom stereocenters. The summed E-state index contributed by atoms with van der Waals surface area (Å²) in [7, 11) is 1.63. The van der Waals surface area contributed by atoms with E-state index in [2.05, 4.69) is 82.3 Å². The first-order valence-electron chi connectivity index (χ1n) is 11.7. The number of halogens is 4. The minimum atomic E-state index is -0.817. The normalized spacial score (nSPS) is 10.6. The molecular weight excluding hydrogens is 776 g/mol. The van der Waals surface area contributed by atoms with E-state index >= 15 is 0 Å². The summed E-state index contributed by atoms with van der Waals surface area (Å²) in [5.41, 5.74) is 1.73. The van der Waals surface area contributed by atoms with Crippen molar-refractivity contribution >= 4 is 76.3 Å². The molecule has 6 nitrogen and oxygen atoms in total. The second kappa shape index (κ2) is 14.8. The van der Waals surface area contributed by atoms with Crippen molar-refractivity contribution in [2.24, 2.45) is 0 Å². The summed E-state index contributed by atoms with van der Waals surface area (Å²) >= 11 is 14.2. The number of carbonyl (C=O) groups excluding carboxylic acids is 2. The Kier molecular flexibility index (Phi) is 11.8. The molecule has 208 valence electrons. The van der Waals surface area contributed by atoms with Crippen molar-refractivity contribution in [3.05, 3.63) is 114 Å². The van der Waals surface area contributed by atoms with E-state index in [1.54, 1.807) is 55.6 Å². The van der Waals surface area contributed by atoms with E-state index in [4.69, 9.17) is 14.2 Å². The summed E-state index contributed by atoms with van der Waals surface area (Å²) in [5, 5.41) is 0. The van der Waals surface area contributed by atoms with Crippen LogP contribution >= 0.6 is 63.7 Å². The van der Waals surface area contributed by atoms with Crippen molar-refractivity contribution in [3.63, 3.8) is 0 Å². The molecular formula is C30H24Br4O6. The zero-order valence-electron chi connectivity index (χ0n) is 21.6. The fourth-order valence-electron chi connectivity index (χ4n) is 3.54. The van der Waals surface area contributed by atoms with E-state index in [-0.39, 0.29) is 5.41 Å². The van der Waals surface area contributed by atoms with Gasteiger partial charge in [-0.15, -0.1) is 0 Å². The quantitative estimate of drug-likeness (QED) is 0.105. The lowest BCUT2D eigenvalue weighted by atomic mass is 9.78. The molecule has 10 heteroatoms. The van der Waals surface area contributed by atoms with Crippen LogP contribution in [0.1, 0.15) is 25.0 Å². The lowest BCUT2D eigenvalue weighted by molar-refractivity contribution is -0.120. The number of hydrogen-bond acceptors (Lipinski definition) is 6. The highest BCUT2D eigenvalue weighted by Crippen LogP contribution is 2.44. The maximum atomic E-state index is 12.2. The minimum Gasteiger partial charge on any atom is -0.494 e. The van der Waals surface area contributed by atoms with Gasteiger partial charge in [-0.05, 0) is 123 Å². The predicted octanol–water partition coefficient (Wildman–Crippen LogP) is 9.87. The molecule has 4 aromatic rings. The molecule has 0 bridgehead atoms. The van der Waals surface area contributed by atoms with Gasteiger partial charge in [0.1, 0.15) is 17.2 Å². The molecule has 0 spiro atoms. The maximum Gasteiger partial charge on any atom is 0.519 e. The van der Waals surface area contributed by atoms with Crippen molar-refractivity contribution in [2.75, 3.05) is 7.11 Å².